The molecule has 0 aliphatic rings. The Morgan fingerprint density at radius 2 is 2.25 bits per heavy atom. The van der Waals surface area contributed by atoms with Gasteiger partial charge in [0, 0.05) is 0 Å². The maximum absolute atomic E-state index is 11.3. The van der Waals surface area contributed by atoms with E-state index in [1.165, 1.54) is 0 Å². The summed E-state index contributed by atoms with van der Waals surface area (Å²) in [6.07, 6.45) is 1.05. The molecule has 0 bridgehead atoms. The molecule has 0 radical (unpaired) electrons. The van der Waals surface area contributed by atoms with Crippen molar-refractivity contribution in [2.24, 2.45) is 5.73 Å². The Morgan fingerprint density at radius 1 is 1.56 bits per heavy atom. The highest BCUT2D eigenvalue weighted by atomic mass is 16.7. The van der Waals surface area contributed by atoms with Crippen LogP contribution in [0.4, 0.5) is 0 Å². The van der Waals surface area contributed by atoms with Gasteiger partial charge in [-0.15, -0.1) is 0 Å². The molecular formula is C7H8N4O5. The molecule has 0 atom stereocenters. The van der Waals surface area contributed by atoms with Crippen LogP contribution in [0.5, 0.6) is 0 Å². The van der Waals surface area contributed by atoms with Gasteiger partial charge in [-0.2, -0.15) is 0 Å². The lowest BCUT2D eigenvalue weighted by Crippen LogP contribution is -2.30. The monoisotopic (exact) mass is 228 g/mol. The molecule has 0 saturated carbocycles. The zero-order valence-electron chi connectivity index (χ0n) is 7.89. The summed E-state index contributed by atoms with van der Waals surface area (Å²) < 4.78 is 0. The Hall–Kier alpha value is -2.42. The van der Waals surface area contributed by atoms with Crippen LogP contribution in [0.3, 0.4) is 0 Å². The number of carboxylic acids is 1. The third-order valence-corrected chi connectivity index (χ3v) is 1.45. The van der Waals surface area contributed by atoms with Gasteiger partial charge in [-0.05, 0) is 0 Å². The molecule has 0 spiro atoms. The van der Waals surface area contributed by atoms with E-state index in [2.05, 4.69) is 14.8 Å². The number of carbonyl (C=O) groups is 3. The normalized spacial score (nSPS) is 9.75. The van der Waals surface area contributed by atoms with Crippen molar-refractivity contribution < 1.29 is 24.3 Å². The molecule has 0 aliphatic heterocycles. The number of aromatic nitrogens is 2. The van der Waals surface area contributed by atoms with Crippen LogP contribution in [-0.4, -0.2) is 39.5 Å². The number of hydrogen-bond donors (Lipinski definition) is 4. The first-order chi connectivity index (χ1) is 7.52. The van der Waals surface area contributed by atoms with Crippen LogP contribution in [0.2, 0.25) is 0 Å². The molecule has 86 valence electrons. The molecule has 0 aromatic carbocycles. The molecule has 1 heterocycles. The highest BCUT2D eigenvalue weighted by Gasteiger charge is 2.19. The topological polar surface area (TPSA) is 147 Å². The maximum Gasteiger partial charge on any atom is 0.354 e. The Bertz CT molecular complexity index is 426. The van der Waals surface area contributed by atoms with Crippen molar-refractivity contribution in [3.8, 4) is 0 Å². The third-order valence-electron chi connectivity index (χ3n) is 1.45. The van der Waals surface area contributed by atoms with Crippen molar-refractivity contribution in [1.29, 1.82) is 0 Å². The summed E-state index contributed by atoms with van der Waals surface area (Å²) in [4.78, 5) is 42.3. The first-order valence-corrected chi connectivity index (χ1v) is 3.99. The van der Waals surface area contributed by atoms with E-state index in [0.29, 0.717) is 0 Å². The lowest BCUT2D eigenvalue weighted by molar-refractivity contribution is -0.124. The van der Waals surface area contributed by atoms with E-state index in [9.17, 15) is 14.4 Å². The molecule has 9 heteroatoms. The van der Waals surface area contributed by atoms with Crippen molar-refractivity contribution in [3.63, 3.8) is 0 Å². The number of hydroxylamine groups is 1. The summed E-state index contributed by atoms with van der Waals surface area (Å²) in [6, 6.07) is 0. The van der Waals surface area contributed by atoms with E-state index in [4.69, 9.17) is 10.8 Å². The fourth-order valence-electron chi connectivity index (χ4n) is 0.851. The average Bonchev–Trinajstić information content (AvgIpc) is 2.65. The Balaban J connectivity index is 2.62. The van der Waals surface area contributed by atoms with Crippen LogP contribution in [0.15, 0.2) is 6.33 Å². The number of amides is 2. The van der Waals surface area contributed by atoms with Crippen LogP contribution >= 0.6 is 0 Å². The molecule has 2 amide bonds. The zero-order valence-corrected chi connectivity index (χ0v) is 7.89. The van der Waals surface area contributed by atoms with Crippen molar-refractivity contribution >= 4 is 17.8 Å². The first kappa shape index (κ1) is 11.7. The number of nitrogens with two attached hydrogens (primary N) is 1. The Kier molecular flexibility index (Phi) is 3.56. The molecule has 0 saturated heterocycles. The second-order valence-corrected chi connectivity index (χ2v) is 2.62. The predicted octanol–water partition coefficient (Wildman–Crippen LogP) is -1.75. The summed E-state index contributed by atoms with van der Waals surface area (Å²) in [5.41, 5.74) is 5.85. The van der Waals surface area contributed by atoms with Gasteiger partial charge in [-0.3, -0.25) is 14.4 Å². The molecule has 5 N–H and O–H groups in total. The highest BCUT2D eigenvalue weighted by molar-refractivity contribution is 6.01. The van der Waals surface area contributed by atoms with E-state index < -0.39 is 24.4 Å². The van der Waals surface area contributed by atoms with Crippen LogP contribution in [0.25, 0.3) is 0 Å². The van der Waals surface area contributed by atoms with Gasteiger partial charge >= 0.3 is 5.97 Å². The van der Waals surface area contributed by atoms with Gasteiger partial charge in [-0.1, -0.05) is 0 Å². The number of primary amides is 1. The average molecular weight is 228 g/mol. The fraction of sp³-hybridized carbons (Fsp3) is 0.143. The first-order valence-electron chi connectivity index (χ1n) is 3.99. The number of nitrogens with one attached hydrogen (secondary N) is 2. The predicted molar refractivity (Wildman–Crippen MR) is 48.2 cm³/mol. The van der Waals surface area contributed by atoms with E-state index >= 15 is 0 Å². The SMILES string of the molecule is NC(=O)CONC(=O)c1nc[nH]c1C(=O)O. The number of nitrogens with zero attached hydrogens (tertiary/aromatic N) is 1. The summed E-state index contributed by atoms with van der Waals surface area (Å²) in [5, 5.41) is 8.65. The van der Waals surface area contributed by atoms with Crippen LogP contribution in [0.1, 0.15) is 21.0 Å². The minimum atomic E-state index is -1.34. The Morgan fingerprint density at radius 3 is 2.81 bits per heavy atom. The number of H-pyrrole nitrogens is 1. The largest absolute Gasteiger partial charge is 0.477 e. The van der Waals surface area contributed by atoms with Crippen LogP contribution in [0, 0.1) is 0 Å². The van der Waals surface area contributed by atoms with Crippen molar-refractivity contribution in [2.45, 2.75) is 0 Å². The fourth-order valence-corrected chi connectivity index (χ4v) is 0.851. The third kappa shape index (κ3) is 2.78. The van der Waals surface area contributed by atoms with Gasteiger partial charge < -0.3 is 15.8 Å². The zero-order chi connectivity index (χ0) is 12.1. The number of aromatic carboxylic acids is 1. The quantitative estimate of drug-likeness (QED) is 0.439. The van der Waals surface area contributed by atoms with Gasteiger partial charge in [0.15, 0.2) is 18.0 Å². The maximum atomic E-state index is 11.3. The number of imidazole rings is 1. The lowest BCUT2D eigenvalue weighted by atomic mass is 10.3. The number of rotatable bonds is 5. The summed E-state index contributed by atoms with van der Waals surface area (Å²) in [5.74, 6) is -3.00. The molecule has 0 fully saturated rings. The summed E-state index contributed by atoms with van der Waals surface area (Å²) in [7, 11) is 0. The molecular weight excluding hydrogens is 220 g/mol. The second-order valence-electron chi connectivity index (χ2n) is 2.62. The van der Waals surface area contributed by atoms with Crippen LogP contribution < -0.4 is 11.2 Å². The lowest BCUT2D eigenvalue weighted by Gasteiger charge is -2.02. The molecule has 9 nitrogen and oxygen atoms in total. The standard InChI is InChI=1S/C7H8N4O5/c8-3(12)1-16-11-6(13)4-5(7(14)15)10-2-9-4/h2H,1H2,(H2,8,12)(H,9,10)(H,11,13)(H,14,15). The molecule has 0 aliphatic carbocycles. The minimum Gasteiger partial charge on any atom is -0.477 e. The van der Waals surface area contributed by atoms with E-state index in [0.717, 1.165) is 6.33 Å². The molecule has 1 aromatic heterocycles. The summed E-state index contributed by atoms with van der Waals surface area (Å²) in [6.45, 7) is -0.515. The van der Waals surface area contributed by atoms with Gasteiger partial charge in [0.2, 0.25) is 5.91 Å². The number of hydrogen-bond acceptors (Lipinski definition) is 5. The number of carbonyl (C=O) groups excluding carboxylic acids is 2. The minimum absolute atomic E-state index is 0.350. The van der Waals surface area contributed by atoms with E-state index in [-0.39, 0.29) is 11.4 Å². The van der Waals surface area contributed by atoms with Gasteiger partial charge in [0.05, 0.1) is 6.33 Å². The van der Waals surface area contributed by atoms with Gasteiger partial charge in [-0.25, -0.2) is 15.3 Å². The molecule has 1 aromatic rings. The van der Waals surface area contributed by atoms with E-state index in [1.807, 2.05) is 5.48 Å². The van der Waals surface area contributed by atoms with Crippen molar-refractivity contribution in [3.05, 3.63) is 17.7 Å². The second kappa shape index (κ2) is 4.89. The van der Waals surface area contributed by atoms with Crippen molar-refractivity contribution in [2.75, 3.05) is 6.61 Å². The Labute approximate surface area is 88.6 Å². The van der Waals surface area contributed by atoms with E-state index in [1.54, 1.807) is 0 Å². The molecule has 16 heavy (non-hydrogen) atoms. The smallest absolute Gasteiger partial charge is 0.354 e. The number of carboxylic acid groups (broad SMARTS) is 1. The highest BCUT2D eigenvalue weighted by Crippen LogP contribution is 2.01. The van der Waals surface area contributed by atoms with Gasteiger partial charge in [0.25, 0.3) is 5.91 Å². The molecule has 1 rings (SSSR count). The number of aromatic amines is 1. The summed E-state index contributed by atoms with van der Waals surface area (Å²) >= 11 is 0. The van der Waals surface area contributed by atoms with Crippen molar-refractivity contribution in [1.82, 2.24) is 15.4 Å². The molecule has 0 unspecified atom stereocenters. The van der Waals surface area contributed by atoms with Gasteiger partial charge in [0.1, 0.15) is 0 Å². The van der Waals surface area contributed by atoms with Crippen LogP contribution in [-0.2, 0) is 9.63 Å².